The summed E-state index contributed by atoms with van der Waals surface area (Å²) in [6.45, 7) is 11.0. The van der Waals surface area contributed by atoms with Crippen LogP contribution in [-0.2, 0) is 10.2 Å². The number of amides is 2. The van der Waals surface area contributed by atoms with Crippen LogP contribution in [0.5, 0.6) is 0 Å². The summed E-state index contributed by atoms with van der Waals surface area (Å²) in [5, 5.41) is 6.28. The molecule has 0 radical (unpaired) electrons. The first-order valence-corrected chi connectivity index (χ1v) is 17.2. The molecule has 2 amide bonds. The molecular weight excluding hydrogens is 625 g/mol. The number of nitrogens with one attached hydrogen (secondary N) is 2. The van der Waals surface area contributed by atoms with Gasteiger partial charge < -0.3 is 15.5 Å². The topological polar surface area (TPSA) is 78.5 Å². The van der Waals surface area contributed by atoms with Crippen molar-refractivity contribution in [3.63, 3.8) is 0 Å². The van der Waals surface area contributed by atoms with Crippen LogP contribution in [0.2, 0.25) is 0 Å². The lowest BCUT2D eigenvalue weighted by Gasteiger charge is -2.31. The summed E-state index contributed by atoms with van der Waals surface area (Å²) >= 11 is 0. The third kappa shape index (κ3) is 8.26. The van der Waals surface area contributed by atoms with Crippen molar-refractivity contribution in [3.05, 3.63) is 144 Å². The SMILES string of the molecule is C=CCNC(=O)C1(CCCCN2CCC(NC(=O)c3ccccc3C(=O)c3ccccc3)C2)c2ccccc2-c2ccccc21.CCC.P. The van der Waals surface area contributed by atoms with E-state index in [0.717, 1.165) is 61.2 Å². The average molecular weight is 676 g/mol. The number of benzene rings is 4. The summed E-state index contributed by atoms with van der Waals surface area (Å²) in [7, 11) is 0. The molecule has 7 heteroatoms. The summed E-state index contributed by atoms with van der Waals surface area (Å²) < 4.78 is 0. The van der Waals surface area contributed by atoms with Gasteiger partial charge in [-0.15, -0.1) is 6.58 Å². The summed E-state index contributed by atoms with van der Waals surface area (Å²) in [4.78, 5) is 42.7. The molecule has 2 N–H and O–H groups in total. The zero-order valence-electron chi connectivity index (χ0n) is 28.9. The van der Waals surface area contributed by atoms with Crippen LogP contribution in [0.3, 0.4) is 0 Å². The van der Waals surface area contributed by atoms with Gasteiger partial charge in [-0.2, -0.15) is 9.90 Å². The van der Waals surface area contributed by atoms with Gasteiger partial charge in [0.25, 0.3) is 5.91 Å². The summed E-state index contributed by atoms with van der Waals surface area (Å²) in [5.41, 5.74) is 5.06. The van der Waals surface area contributed by atoms with Crippen LogP contribution in [0.15, 0.2) is 116 Å². The van der Waals surface area contributed by atoms with Crippen LogP contribution in [-0.4, -0.2) is 54.7 Å². The van der Waals surface area contributed by atoms with Crippen molar-refractivity contribution in [3.8, 4) is 11.1 Å². The first-order chi connectivity index (χ1) is 23.4. The quantitative estimate of drug-likeness (QED) is 0.0701. The molecule has 1 heterocycles. The number of hydrogen-bond acceptors (Lipinski definition) is 4. The van der Waals surface area contributed by atoms with E-state index in [-0.39, 0.29) is 33.5 Å². The first-order valence-electron chi connectivity index (χ1n) is 17.2. The van der Waals surface area contributed by atoms with Crippen molar-refractivity contribution in [1.29, 1.82) is 0 Å². The van der Waals surface area contributed by atoms with E-state index >= 15 is 0 Å². The molecule has 4 aromatic rings. The van der Waals surface area contributed by atoms with E-state index in [1.54, 1.807) is 42.5 Å². The van der Waals surface area contributed by atoms with Crippen LogP contribution in [0.25, 0.3) is 11.1 Å². The Hall–Kier alpha value is -4.38. The fourth-order valence-electron chi connectivity index (χ4n) is 7.04. The second-order valence-corrected chi connectivity index (χ2v) is 12.7. The van der Waals surface area contributed by atoms with E-state index in [2.05, 4.69) is 60.2 Å². The number of carbonyl (C=O) groups excluding carboxylic acids is 3. The fourth-order valence-corrected chi connectivity index (χ4v) is 7.04. The molecule has 0 aromatic heterocycles. The predicted molar refractivity (Wildman–Crippen MR) is 205 cm³/mol. The molecule has 0 spiro atoms. The minimum Gasteiger partial charge on any atom is -0.352 e. The molecule has 2 aliphatic rings. The van der Waals surface area contributed by atoms with Crippen LogP contribution in [0, 0.1) is 0 Å². The van der Waals surface area contributed by atoms with Crippen molar-refractivity contribution in [2.24, 2.45) is 0 Å². The number of rotatable bonds is 12. The normalized spacial score (nSPS) is 15.4. The van der Waals surface area contributed by atoms with E-state index in [1.165, 1.54) is 6.42 Å². The molecule has 49 heavy (non-hydrogen) atoms. The molecular formula is C42H50N3O3P. The van der Waals surface area contributed by atoms with Gasteiger partial charge in [-0.1, -0.05) is 130 Å². The molecule has 6 nitrogen and oxygen atoms in total. The lowest BCUT2D eigenvalue weighted by atomic mass is 9.73. The zero-order valence-corrected chi connectivity index (χ0v) is 30.3. The Bertz CT molecular complexity index is 1690. The van der Waals surface area contributed by atoms with Gasteiger partial charge in [-0.05, 0) is 54.1 Å². The third-order valence-corrected chi connectivity index (χ3v) is 9.19. The molecule has 0 bridgehead atoms. The second-order valence-electron chi connectivity index (χ2n) is 12.7. The molecule has 1 aliphatic carbocycles. The van der Waals surface area contributed by atoms with Crippen molar-refractivity contribution in [2.75, 3.05) is 26.2 Å². The molecule has 1 fully saturated rings. The predicted octanol–water partition coefficient (Wildman–Crippen LogP) is 7.64. The molecule has 256 valence electrons. The Balaban J connectivity index is 0.00000130. The van der Waals surface area contributed by atoms with Gasteiger partial charge in [0.05, 0.1) is 5.56 Å². The van der Waals surface area contributed by atoms with Crippen LogP contribution < -0.4 is 10.6 Å². The van der Waals surface area contributed by atoms with Gasteiger partial charge in [-0.25, -0.2) is 0 Å². The molecule has 2 unspecified atom stereocenters. The monoisotopic (exact) mass is 675 g/mol. The molecule has 4 aromatic carbocycles. The van der Waals surface area contributed by atoms with Crippen molar-refractivity contribution < 1.29 is 14.4 Å². The Morgan fingerprint density at radius 2 is 1.39 bits per heavy atom. The highest BCUT2D eigenvalue weighted by Gasteiger charge is 2.48. The van der Waals surface area contributed by atoms with E-state index in [4.69, 9.17) is 0 Å². The molecule has 6 rings (SSSR count). The first kappa shape index (κ1) is 37.4. The van der Waals surface area contributed by atoms with E-state index < -0.39 is 5.41 Å². The number of ketones is 1. The maximum atomic E-state index is 13.9. The van der Waals surface area contributed by atoms with E-state index in [9.17, 15) is 14.4 Å². The highest BCUT2D eigenvalue weighted by atomic mass is 31.0. The lowest BCUT2D eigenvalue weighted by molar-refractivity contribution is -0.125. The standard InChI is InChI=1S/C39H39N3O3.C3H8.H3P/c1-2-24-40-38(45)39(34-20-10-8-16-30(34)31-17-9-11-21-35(31)39)23-12-13-25-42-26-22-29(27-42)41-37(44)33-19-7-6-18-32(33)36(43)28-14-4-3-5-15-28;1-3-2;/h2-11,14-21,29H,1,12-13,22-27H2,(H,40,45)(H,41,44);3H2,1-2H3;1H3. The Kier molecular flexibility index (Phi) is 13.6. The van der Waals surface area contributed by atoms with Crippen molar-refractivity contribution in [1.82, 2.24) is 15.5 Å². The summed E-state index contributed by atoms with van der Waals surface area (Å²) in [5.74, 6) is -0.347. The van der Waals surface area contributed by atoms with Crippen LogP contribution in [0.4, 0.5) is 0 Å². The number of hydrogen-bond donors (Lipinski definition) is 2. The molecule has 0 saturated carbocycles. The Labute approximate surface area is 295 Å². The Morgan fingerprint density at radius 3 is 2.02 bits per heavy atom. The van der Waals surface area contributed by atoms with Crippen LogP contribution in [0.1, 0.15) is 83.4 Å². The van der Waals surface area contributed by atoms with Gasteiger partial charge in [0.2, 0.25) is 5.91 Å². The summed E-state index contributed by atoms with van der Waals surface area (Å²) in [6.07, 6.45) is 6.36. The maximum absolute atomic E-state index is 13.9. The molecule has 1 saturated heterocycles. The van der Waals surface area contributed by atoms with Gasteiger partial charge >= 0.3 is 0 Å². The van der Waals surface area contributed by atoms with Gasteiger partial charge in [0.15, 0.2) is 5.78 Å². The zero-order chi connectivity index (χ0) is 33.9. The minimum absolute atomic E-state index is 0. The van der Waals surface area contributed by atoms with Gasteiger partial charge in [0, 0.05) is 36.8 Å². The largest absolute Gasteiger partial charge is 0.352 e. The van der Waals surface area contributed by atoms with Crippen LogP contribution >= 0.6 is 9.90 Å². The lowest BCUT2D eigenvalue weighted by Crippen LogP contribution is -2.44. The smallest absolute Gasteiger partial charge is 0.252 e. The summed E-state index contributed by atoms with van der Waals surface area (Å²) in [6, 6.07) is 32.7. The minimum atomic E-state index is -0.734. The number of unbranched alkanes of at least 4 members (excludes halogenated alkanes) is 1. The third-order valence-electron chi connectivity index (χ3n) is 9.19. The highest BCUT2D eigenvalue weighted by molar-refractivity contribution is 6.92. The number of nitrogens with zero attached hydrogens (tertiary/aromatic N) is 1. The van der Waals surface area contributed by atoms with E-state index in [0.29, 0.717) is 29.7 Å². The Morgan fingerprint density at radius 1 is 0.816 bits per heavy atom. The average Bonchev–Trinajstić information content (AvgIpc) is 3.69. The van der Waals surface area contributed by atoms with Gasteiger partial charge in [0.1, 0.15) is 5.41 Å². The highest BCUT2D eigenvalue weighted by Crippen LogP contribution is 2.51. The van der Waals surface area contributed by atoms with Crippen molar-refractivity contribution in [2.45, 2.75) is 57.4 Å². The van der Waals surface area contributed by atoms with Crippen molar-refractivity contribution >= 4 is 27.5 Å². The fraction of sp³-hybridized carbons (Fsp3) is 0.310. The maximum Gasteiger partial charge on any atom is 0.252 e. The number of fused-ring (bicyclic) bond motifs is 3. The number of likely N-dealkylation sites (tertiary alicyclic amines) is 1. The molecule has 2 atom stereocenters. The molecule has 1 aliphatic heterocycles. The van der Waals surface area contributed by atoms with E-state index in [1.807, 2.05) is 42.5 Å². The second kappa shape index (κ2) is 17.9. The van der Waals surface area contributed by atoms with Gasteiger partial charge in [-0.3, -0.25) is 14.4 Å². The number of carbonyl (C=O) groups is 3.